The lowest BCUT2D eigenvalue weighted by atomic mass is 10.2. The van der Waals surface area contributed by atoms with E-state index in [1.54, 1.807) is 18.3 Å². The zero-order valence-electron chi connectivity index (χ0n) is 11.2. The normalized spacial score (nSPS) is 10.8. The number of rotatable bonds is 3. The van der Waals surface area contributed by atoms with Gasteiger partial charge in [-0.1, -0.05) is 6.92 Å². The van der Waals surface area contributed by atoms with Crippen molar-refractivity contribution in [2.24, 2.45) is 0 Å². The maximum absolute atomic E-state index is 12.3. The van der Waals surface area contributed by atoms with Crippen LogP contribution < -0.4 is 5.32 Å². The van der Waals surface area contributed by atoms with Crippen molar-refractivity contribution < 1.29 is 4.79 Å². The van der Waals surface area contributed by atoms with Gasteiger partial charge in [-0.15, -0.1) is 10.2 Å². The number of fused-ring (bicyclic) bond motifs is 1. The van der Waals surface area contributed by atoms with Gasteiger partial charge in [-0.3, -0.25) is 14.2 Å². The number of halogens is 1. The van der Waals surface area contributed by atoms with E-state index >= 15 is 0 Å². The van der Waals surface area contributed by atoms with Crippen molar-refractivity contribution >= 4 is 33.2 Å². The molecular formula is C14H12BrN5O. The number of carbonyl (C=O) groups is 1. The SMILES string of the molecule is CCc1nnc2c(NC(=O)c3cncc(Br)c3)cccn12. The van der Waals surface area contributed by atoms with Crippen molar-refractivity contribution in [1.29, 1.82) is 0 Å². The molecule has 0 atom stereocenters. The molecule has 1 amide bonds. The first-order chi connectivity index (χ1) is 10.2. The number of amides is 1. The molecule has 3 aromatic rings. The number of hydrogen-bond donors (Lipinski definition) is 1. The fourth-order valence-electron chi connectivity index (χ4n) is 2.03. The second kappa shape index (κ2) is 5.61. The Morgan fingerprint density at radius 2 is 2.24 bits per heavy atom. The van der Waals surface area contributed by atoms with Crippen LogP contribution in [0.3, 0.4) is 0 Å². The third kappa shape index (κ3) is 2.64. The molecule has 0 bridgehead atoms. The summed E-state index contributed by atoms with van der Waals surface area (Å²) >= 11 is 3.30. The molecule has 0 saturated heterocycles. The Kier molecular flexibility index (Phi) is 3.66. The first-order valence-corrected chi connectivity index (χ1v) is 7.23. The number of aromatic nitrogens is 4. The molecular weight excluding hydrogens is 334 g/mol. The number of nitrogens with zero attached hydrogens (tertiary/aromatic N) is 4. The Balaban J connectivity index is 1.95. The quantitative estimate of drug-likeness (QED) is 0.792. The molecule has 0 aromatic carbocycles. The Bertz CT molecular complexity index is 814. The number of carbonyl (C=O) groups excluding carboxylic acids is 1. The van der Waals surface area contributed by atoms with Gasteiger partial charge in [0.1, 0.15) is 5.82 Å². The Hall–Kier alpha value is -2.28. The summed E-state index contributed by atoms with van der Waals surface area (Å²) in [5.41, 5.74) is 1.72. The number of pyridine rings is 2. The van der Waals surface area contributed by atoms with Gasteiger partial charge in [-0.05, 0) is 34.1 Å². The second-order valence-electron chi connectivity index (χ2n) is 4.43. The average molecular weight is 346 g/mol. The summed E-state index contributed by atoms with van der Waals surface area (Å²) in [4.78, 5) is 16.2. The molecule has 0 unspecified atom stereocenters. The van der Waals surface area contributed by atoms with Gasteiger partial charge < -0.3 is 5.32 Å². The zero-order valence-corrected chi connectivity index (χ0v) is 12.8. The van der Waals surface area contributed by atoms with Crippen LogP contribution in [0.2, 0.25) is 0 Å². The van der Waals surface area contributed by atoms with Crippen molar-refractivity contribution in [3.63, 3.8) is 0 Å². The summed E-state index contributed by atoms with van der Waals surface area (Å²) in [7, 11) is 0. The molecule has 106 valence electrons. The van der Waals surface area contributed by atoms with Crippen LogP contribution in [0.15, 0.2) is 41.3 Å². The van der Waals surface area contributed by atoms with Crippen molar-refractivity contribution in [3.8, 4) is 0 Å². The van der Waals surface area contributed by atoms with Gasteiger partial charge in [-0.2, -0.15) is 0 Å². The van der Waals surface area contributed by atoms with E-state index in [4.69, 9.17) is 0 Å². The van der Waals surface area contributed by atoms with Crippen LogP contribution in [0.4, 0.5) is 5.69 Å². The topological polar surface area (TPSA) is 72.2 Å². The fraction of sp³-hybridized carbons (Fsp3) is 0.143. The number of hydrogen-bond acceptors (Lipinski definition) is 4. The summed E-state index contributed by atoms with van der Waals surface area (Å²) < 4.78 is 2.62. The Morgan fingerprint density at radius 1 is 1.38 bits per heavy atom. The maximum Gasteiger partial charge on any atom is 0.257 e. The van der Waals surface area contributed by atoms with E-state index in [9.17, 15) is 4.79 Å². The highest BCUT2D eigenvalue weighted by Gasteiger charge is 2.12. The molecule has 1 N–H and O–H groups in total. The van der Waals surface area contributed by atoms with Crippen LogP contribution in [0.1, 0.15) is 23.1 Å². The third-order valence-electron chi connectivity index (χ3n) is 3.04. The van der Waals surface area contributed by atoms with E-state index < -0.39 is 0 Å². The van der Waals surface area contributed by atoms with Gasteiger partial charge in [0.2, 0.25) is 0 Å². The van der Waals surface area contributed by atoms with Crippen molar-refractivity contribution in [2.45, 2.75) is 13.3 Å². The smallest absolute Gasteiger partial charge is 0.257 e. The Morgan fingerprint density at radius 3 is 3.00 bits per heavy atom. The maximum atomic E-state index is 12.3. The standard InChI is InChI=1S/C14H12BrN5O/c1-2-12-18-19-13-11(4-3-5-20(12)13)17-14(21)9-6-10(15)8-16-7-9/h3-8H,2H2,1H3,(H,17,21). The monoisotopic (exact) mass is 345 g/mol. The molecule has 0 aliphatic carbocycles. The Labute approximate surface area is 129 Å². The van der Waals surface area contributed by atoms with Gasteiger partial charge in [-0.25, -0.2) is 0 Å². The minimum atomic E-state index is -0.238. The summed E-state index contributed by atoms with van der Waals surface area (Å²) in [5.74, 6) is 0.614. The lowest BCUT2D eigenvalue weighted by molar-refractivity contribution is 0.102. The lowest BCUT2D eigenvalue weighted by Crippen LogP contribution is -2.13. The predicted molar refractivity (Wildman–Crippen MR) is 82.3 cm³/mol. The van der Waals surface area contributed by atoms with E-state index in [1.807, 2.05) is 23.6 Å². The summed E-state index contributed by atoms with van der Waals surface area (Å²) in [6.07, 6.45) is 5.80. The number of anilines is 1. The van der Waals surface area contributed by atoms with Gasteiger partial charge in [0.15, 0.2) is 5.65 Å². The fourth-order valence-corrected chi connectivity index (χ4v) is 2.40. The molecule has 3 heterocycles. The van der Waals surface area contributed by atoms with Crippen molar-refractivity contribution in [2.75, 3.05) is 5.32 Å². The third-order valence-corrected chi connectivity index (χ3v) is 3.47. The van der Waals surface area contributed by atoms with E-state index in [-0.39, 0.29) is 5.91 Å². The van der Waals surface area contributed by atoms with Crippen LogP contribution in [0, 0.1) is 0 Å². The van der Waals surface area contributed by atoms with Crippen molar-refractivity contribution in [3.05, 3.63) is 52.7 Å². The molecule has 21 heavy (non-hydrogen) atoms. The van der Waals surface area contributed by atoms with Crippen LogP contribution in [0.25, 0.3) is 5.65 Å². The summed E-state index contributed by atoms with van der Waals surface area (Å²) in [6.45, 7) is 2.01. The molecule has 7 heteroatoms. The highest BCUT2D eigenvalue weighted by atomic mass is 79.9. The minimum absolute atomic E-state index is 0.238. The van der Waals surface area contributed by atoms with Gasteiger partial charge in [0.05, 0.1) is 11.3 Å². The van der Waals surface area contributed by atoms with Gasteiger partial charge in [0, 0.05) is 29.5 Å². The highest BCUT2D eigenvalue weighted by Crippen LogP contribution is 2.17. The molecule has 0 radical (unpaired) electrons. The van der Waals surface area contributed by atoms with Crippen LogP contribution in [-0.2, 0) is 6.42 Å². The highest BCUT2D eigenvalue weighted by molar-refractivity contribution is 9.10. The van der Waals surface area contributed by atoms with Crippen molar-refractivity contribution in [1.82, 2.24) is 19.6 Å². The molecule has 0 spiro atoms. The number of nitrogens with one attached hydrogen (secondary N) is 1. The largest absolute Gasteiger partial charge is 0.319 e. The molecule has 3 aromatic heterocycles. The number of aryl methyl sites for hydroxylation is 1. The molecule has 3 rings (SSSR count). The molecule has 6 nitrogen and oxygen atoms in total. The molecule has 0 aliphatic heterocycles. The van der Waals surface area contributed by atoms with E-state index in [0.29, 0.717) is 16.9 Å². The summed E-state index contributed by atoms with van der Waals surface area (Å²) in [6, 6.07) is 5.36. The average Bonchev–Trinajstić information content (AvgIpc) is 2.91. The molecule has 0 fully saturated rings. The predicted octanol–water partition coefficient (Wildman–Crippen LogP) is 2.70. The first kappa shape index (κ1) is 13.7. The van der Waals surface area contributed by atoms with Gasteiger partial charge in [0.25, 0.3) is 5.91 Å². The van der Waals surface area contributed by atoms with E-state index in [0.717, 1.165) is 16.7 Å². The summed E-state index contributed by atoms with van der Waals surface area (Å²) in [5, 5.41) is 11.1. The molecule has 0 aliphatic rings. The zero-order chi connectivity index (χ0) is 14.8. The lowest BCUT2D eigenvalue weighted by Gasteiger charge is -2.06. The first-order valence-electron chi connectivity index (χ1n) is 6.43. The minimum Gasteiger partial charge on any atom is -0.319 e. The van der Waals surface area contributed by atoms with Crippen LogP contribution in [0.5, 0.6) is 0 Å². The van der Waals surface area contributed by atoms with Gasteiger partial charge >= 0.3 is 0 Å². The van der Waals surface area contributed by atoms with E-state index in [1.165, 1.54) is 6.20 Å². The second-order valence-corrected chi connectivity index (χ2v) is 5.35. The molecule has 0 saturated carbocycles. The van der Waals surface area contributed by atoms with E-state index in [2.05, 4.69) is 36.4 Å². The van der Waals surface area contributed by atoms with Crippen LogP contribution in [-0.4, -0.2) is 25.5 Å². The van der Waals surface area contributed by atoms with Crippen LogP contribution >= 0.6 is 15.9 Å².